The van der Waals surface area contributed by atoms with Crippen molar-refractivity contribution in [3.63, 3.8) is 0 Å². The Hall–Kier alpha value is -1.19. The Labute approximate surface area is 120 Å². The highest BCUT2D eigenvalue weighted by molar-refractivity contribution is 7.89. The summed E-state index contributed by atoms with van der Waals surface area (Å²) in [4.78, 5) is -0.806. The summed E-state index contributed by atoms with van der Waals surface area (Å²) in [5.74, 6) is -1.09. The third-order valence-electron chi connectivity index (χ3n) is 2.46. The fourth-order valence-electron chi connectivity index (χ4n) is 1.45. The molecule has 0 spiro atoms. The Kier molecular flexibility index (Phi) is 5.71. The lowest BCUT2D eigenvalue weighted by molar-refractivity contribution is -0.121. The molecule has 1 rings (SSSR count). The molecule has 0 unspecified atom stereocenters. The summed E-state index contributed by atoms with van der Waals surface area (Å²) in [5, 5.41) is 3.01. The zero-order valence-corrected chi connectivity index (χ0v) is 12.3. The Morgan fingerprint density at radius 1 is 1.24 bits per heavy atom. The van der Waals surface area contributed by atoms with Crippen LogP contribution in [0.1, 0.15) is 19.4 Å². The summed E-state index contributed by atoms with van der Waals surface area (Å²) in [6.45, 7) is 2.35. The minimum absolute atomic E-state index is 0.157. The molecule has 0 aliphatic heterocycles. The lowest BCUT2D eigenvalue weighted by atomic mass is 10.2. The molecule has 0 bridgehead atoms. The Morgan fingerprint density at radius 2 is 1.86 bits per heavy atom. The fraction of sp³-hybridized carbons (Fsp3) is 0.500. The molecule has 21 heavy (non-hydrogen) atoms. The number of benzene rings is 1. The van der Waals surface area contributed by atoms with Crippen LogP contribution in [0, 0.1) is 5.82 Å². The van der Waals surface area contributed by atoms with Gasteiger partial charge < -0.3 is 5.32 Å². The van der Waals surface area contributed by atoms with Crippen LogP contribution in [0.15, 0.2) is 23.1 Å². The zero-order chi connectivity index (χ0) is 16.3. The molecule has 0 aliphatic rings. The fourth-order valence-corrected chi connectivity index (χ4v) is 2.52. The SMILES string of the molecule is CC(C)NCc1ccc(S(=O)(=O)NCC(F)(F)F)c(F)c1. The van der Waals surface area contributed by atoms with Crippen molar-refractivity contribution < 1.29 is 26.0 Å². The van der Waals surface area contributed by atoms with E-state index in [4.69, 9.17) is 0 Å². The smallest absolute Gasteiger partial charge is 0.310 e. The molecule has 9 heteroatoms. The van der Waals surface area contributed by atoms with Gasteiger partial charge in [0.05, 0.1) is 0 Å². The van der Waals surface area contributed by atoms with Gasteiger partial charge in [-0.15, -0.1) is 0 Å². The molecule has 2 N–H and O–H groups in total. The first-order valence-corrected chi connectivity index (χ1v) is 7.58. The zero-order valence-electron chi connectivity index (χ0n) is 11.5. The Morgan fingerprint density at radius 3 is 2.33 bits per heavy atom. The molecule has 0 aliphatic carbocycles. The summed E-state index contributed by atoms with van der Waals surface area (Å²) < 4.78 is 74.3. The molecule has 4 nitrogen and oxygen atoms in total. The number of hydrogen-bond acceptors (Lipinski definition) is 3. The van der Waals surface area contributed by atoms with Gasteiger partial charge in [0, 0.05) is 12.6 Å². The van der Waals surface area contributed by atoms with E-state index in [9.17, 15) is 26.0 Å². The number of nitrogens with one attached hydrogen (secondary N) is 2. The number of rotatable bonds is 6. The van der Waals surface area contributed by atoms with Crippen molar-refractivity contribution in [3.8, 4) is 0 Å². The highest BCUT2D eigenvalue weighted by Crippen LogP contribution is 2.18. The van der Waals surface area contributed by atoms with Crippen LogP contribution in [0.5, 0.6) is 0 Å². The average molecular weight is 328 g/mol. The lowest BCUT2D eigenvalue weighted by Gasteiger charge is -2.12. The predicted octanol–water partition coefficient (Wildman–Crippen LogP) is 2.16. The standard InChI is InChI=1S/C12H16F4N2O2S/c1-8(2)17-6-9-3-4-11(10(13)5-9)21(19,20)18-7-12(14,15)16/h3-5,8,17-18H,6-7H2,1-2H3. The maximum absolute atomic E-state index is 13.8. The molecule has 1 aromatic carbocycles. The van der Waals surface area contributed by atoms with E-state index in [0.717, 1.165) is 12.1 Å². The van der Waals surface area contributed by atoms with Gasteiger partial charge in [0.2, 0.25) is 10.0 Å². The van der Waals surface area contributed by atoms with Crippen LogP contribution in [0.3, 0.4) is 0 Å². The number of halogens is 4. The molecule has 1 aromatic rings. The van der Waals surface area contributed by atoms with Crippen LogP contribution in [-0.2, 0) is 16.6 Å². The largest absolute Gasteiger partial charge is 0.402 e. The molecule has 0 saturated carbocycles. The summed E-state index contributed by atoms with van der Waals surface area (Å²) in [6.07, 6.45) is -4.70. The number of hydrogen-bond donors (Lipinski definition) is 2. The number of alkyl halides is 3. The lowest BCUT2D eigenvalue weighted by Crippen LogP contribution is -2.34. The minimum atomic E-state index is -4.70. The third-order valence-corrected chi connectivity index (χ3v) is 3.90. The van der Waals surface area contributed by atoms with E-state index in [1.165, 1.54) is 10.8 Å². The Balaban J connectivity index is 2.88. The monoisotopic (exact) mass is 328 g/mol. The van der Waals surface area contributed by atoms with Crippen molar-refractivity contribution in [3.05, 3.63) is 29.6 Å². The van der Waals surface area contributed by atoms with Crippen LogP contribution < -0.4 is 10.0 Å². The van der Waals surface area contributed by atoms with E-state index < -0.39 is 33.5 Å². The van der Waals surface area contributed by atoms with Gasteiger partial charge in [-0.05, 0) is 17.7 Å². The summed E-state index contributed by atoms with van der Waals surface area (Å²) in [7, 11) is -4.54. The average Bonchev–Trinajstić information content (AvgIpc) is 2.33. The summed E-state index contributed by atoms with van der Waals surface area (Å²) in [5.41, 5.74) is 0.496. The van der Waals surface area contributed by atoms with E-state index in [-0.39, 0.29) is 6.04 Å². The summed E-state index contributed by atoms with van der Waals surface area (Å²) in [6, 6.07) is 3.44. The first-order valence-electron chi connectivity index (χ1n) is 6.09. The van der Waals surface area contributed by atoms with E-state index in [0.29, 0.717) is 12.1 Å². The van der Waals surface area contributed by atoms with Crippen molar-refractivity contribution in [2.75, 3.05) is 6.54 Å². The van der Waals surface area contributed by atoms with Gasteiger partial charge in [-0.3, -0.25) is 0 Å². The normalized spacial score (nSPS) is 12.9. The molecule has 0 amide bonds. The second-order valence-electron chi connectivity index (χ2n) is 4.74. The van der Waals surface area contributed by atoms with E-state index >= 15 is 0 Å². The van der Waals surface area contributed by atoms with Crippen molar-refractivity contribution in [1.82, 2.24) is 10.0 Å². The molecule has 0 aromatic heterocycles. The second-order valence-corrected chi connectivity index (χ2v) is 6.48. The minimum Gasteiger partial charge on any atom is -0.310 e. The van der Waals surface area contributed by atoms with Gasteiger partial charge in [-0.25, -0.2) is 17.5 Å². The van der Waals surface area contributed by atoms with Crippen LogP contribution in [0.2, 0.25) is 0 Å². The highest BCUT2D eigenvalue weighted by Gasteiger charge is 2.31. The topological polar surface area (TPSA) is 58.2 Å². The second kappa shape index (κ2) is 6.71. The van der Waals surface area contributed by atoms with Crippen molar-refractivity contribution in [2.45, 2.75) is 37.5 Å². The van der Waals surface area contributed by atoms with E-state index in [1.807, 2.05) is 13.8 Å². The van der Waals surface area contributed by atoms with Gasteiger partial charge >= 0.3 is 6.18 Å². The third kappa shape index (κ3) is 5.98. The molecule has 0 saturated heterocycles. The van der Waals surface area contributed by atoms with Gasteiger partial charge in [-0.2, -0.15) is 13.2 Å². The van der Waals surface area contributed by atoms with Crippen molar-refractivity contribution in [2.24, 2.45) is 0 Å². The maximum atomic E-state index is 13.8. The Bertz CT molecular complexity index is 585. The molecule has 0 radical (unpaired) electrons. The first kappa shape index (κ1) is 17.9. The maximum Gasteiger partial charge on any atom is 0.402 e. The van der Waals surface area contributed by atoms with Crippen molar-refractivity contribution >= 4 is 10.0 Å². The van der Waals surface area contributed by atoms with Crippen LogP contribution in [0.25, 0.3) is 0 Å². The molecule has 0 atom stereocenters. The molecule has 120 valence electrons. The van der Waals surface area contributed by atoms with E-state index in [2.05, 4.69) is 5.32 Å². The first-order chi connectivity index (χ1) is 9.51. The molecule has 0 heterocycles. The van der Waals surface area contributed by atoms with Gasteiger partial charge in [0.1, 0.15) is 17.3 Å². The van der Waals surface area contributed by atoms with Crippen LogP contribution in [-0.4, -0.2) is 27.2 Å². The van der Waals surface area contributed by atoms with Crippen molar-refractivity contribution in [1.29, 1.82) is 0 Å². The predicted molar refractivity (Wildman–Crippen MR) is 69.6 cm³/mol. The van der Waals surface area contributed by atoms with Crippen LogP contribution >= 0.6 is 0 Å². The number of sulfonamides is 1. The van der Waals surface area contributed by atoms with Crippen LogP contribution in [0.4, 0.5) is 17.6 Å². The quantitative estimate of drug-likeness (QED) is 0.787. The van der Waals surface area contributed by atoms with E-state index in [1.54, 1.807) is 0 Å². The van der Waals surface area contributed by atoms with Gasteiger partial charge in [0.25, 0.3) is 0 Å². The summed E-state index contributed by atoms with van der Waals surface area (Å²) >= 11 is 0. The van der Waals surface area contributed by atoms with Gasteiger partial charge in [0.15, 0.2) is 0 Å². The highest BCUT2D eigenvalue weighted by atomic mass is 32.2. The van der Waals surface area contributed by atoms with Gasteiger partial charge in [-0.1, -0.05) is 19.9 Å². The molecule has 0 fully saturated rings. The molecular formula is C12H16F4N2O2S. The molecular weight excluding hydrogens is 312 g/mol.